The van der Waals surface area contributed by atoms with Crippen LogP contribution in [0, 0.1) is 0 Å². The monoisotopic (exact) mass is 214 g/mol. The van der Waals surface area contributed by atoms with Crippen molar-refractivity contribution in [3.8, 4) is 0 Å². The first kappa shape index (κ1) is 12.1. The van der Waals surface area contributed by atoms with Crippen LogP contribution in [0.5, 0.6) is 0 Å². The van der Waals surface area contributed by atoms with Crippen molar-refractivity contribution in [2.24, 2.45) is 0 Å². The van der Waals surface area contributed by atoms with Crippen LogP contribution in [0.1, 0.15) is 12.8 Å². The van der Waals surface area contributed by atoms with Crippen molar-refractivity contribution in [2.75, 3.05) is 6.61 Å². The summed E-state index contributed by atoms with van der Waals surface area (Å²) in [7, 11) is -6.76. The van der Waals surface area contributed by atoms with Crippen LogP contribution in [0.2, 0.25) is 6.04 Å². The predicted octanol–water partition coefficient (Wildman–Crippen LogP) is -1.28. The molecule has 0 rings (SSSR count). The van der Waals surface area contributed by atoms with Gasteiger partial charge in [0.25, 0.3) is 0 Å². The smallest absolute Gasteiger partial charge is 0.492 e. The second-order valence-electron chi connectivity index (χ2n) is 2.29. The zero-order valence-electron chi connectivity index (χ0n) is 6.34. The Morgan fingerprint density at radius 3 is 2.33 bits per heavy atom. The lowest BCUT2D eigenvalue weighted by Gasteiger charge is -2.07. The van der Waals surface area contributed by atoms with Gasteiger partial charge in [-0.1, -0.05) is 0 Å². The zero-order valence-corrected chi connectivity index (χ0v) is 8.24. The summed E-state index contributed by atoms with van der Waals surface area (Å²) in [4.78, 5) is 35.4. The molecule has 1 unspecified atom stereocenters. The van der Waals surface area contributed by atoms with Gasteiger partial charge in [0.15, 0.2) is 0 Å². The van der Waals surface area contributed by atoms with E-state index in [-0.39, 0.29) is 12.7 Å². The number of hydrogen-bond donors (Lipinski definition) is 3. The molecule has 6 nitrogen and oxygen atoms in total. The van der Waals surface area contributed by atoms with Gasteiger partial charge in [0.1, 0.15) is 6.61 Å². The molecule has 0 bridgehead atoms. The van der Waals surface area contributed by atoms with Crippen molar-refractivity contribution >= 4 is 17.1 Å². The molecule has 0 aromatic carbocycles. The van der Waals surface area contributed by atoms with E-state index in [0.717, 1.165) is 0 Å². The fourth-order valence-corrected chi connectivity index (χ4v) is 1.61. The summed E-state index contributed by atoms with van der Waals surface area (Å²) in [6, 6.07) is -0.0913. The molecule has 0 fully saturated rings. The number of rotatable bonds is 6. The van der Waals surface area contributed by atoms with Crippen LogP contribution in [0.25, 0.3) is 0 Å². The fourth-order valence-electron chi connectivity index (χ4n) is 0.603. The minimum Gasteiger partial charge on any atom is -0.566 e. The zero-order chi connectivity index (χ0) is 9.61. The highest BCUT2D eigenvalue weighted by Gasteiger charge is 2.25. The van der Waals surface area contributed by atoms with Crippen molar-refractivity contribution < 1.29 is 28.4 Å². The van der Waals surface area contributed by atoms with E-state index in [4.69, 9.17) is 14.4 Å². The van der Waals surface area contributed by atoms with Crippen molar-refractivity contribution in [1.29, 1.82) is 0 Å². The predicted molar refractivity (Wildman–Crippen MR) is 40.0 cm³/mol. The summed E-state index contributed by atoms with van der Waals surface area (Å²) in [5.41, 5.74) is 0. The largest absolute Gasteiger partial charge is 0.566 e. The van der Waals surface area contributed by atoms with E-state index in [1.807, 2.05) is 0 Å². The van der Waals surface area contributed by atoms with Gasteiger partial charge in [0.2, 0.25) is 0 Å². The van der Waals surface area contributed by atoms with Crippen LogP contribution in [0.3, 0.4) is 0 Å². The quantitative estimate of drug-likeness (QED) is 0.288. The standard InChI is InChI=1S/C4H11O6PSi/c5-11(6)10-3-1-2-4-12(7,8)9/h7-9H,1-4H2. The molecule has 3 N–H and O–H groups in total. The Morgan fingerprint density at radius 1 is 1.33 bits per heavy atom. The fraction of sp³-hybridized carbons (Fsp3) is 1.00. The molecule has 0 aliphatic carbocycles. The highest BCUT2D eigenvalue weighted by Crippen LogP contribution is 2.11. The molecule has 8 heteroatoms. The first-order valence-electron chi connectivity index (χ1n) is 3.36. The maximum Gasteiger partial charge on any atom is 0.492 e. The molecule has 0 aromatic heterocycles. The van der Waals surface area contributed by atoms with Gasteiger partial charge in [-0.25, -0.2) is 0 Å². The Balaban J connectivity index is 3.17. The van der Waals surface area contributed by atoms with E-state index in [2.05, 4.69) is 4.52 Å². The average molecular weight is 214 g/mol. The van der Waals surface area contributed by atoms with Crippen molar-refractivity contribution in [3.05, 3.63) is 0 Å². The molecule has 0 aliphatic heterocycles. The first-order chi connectivity index (χ1) is 5.42. The van der Waals surface area contributed by atoms with Crippen LogP contribution < -0.4 is 4.89 Å². The summed E-state index contributed by atoms with van der Waals surface area (Å²) in [6.07, 6.45) is 0.707. The normalized spacial score (nSPS) is 13.2. The highest BCUT2D eigenvalue weighted by atomic mass is 31.1. The second-order valence-corrected chi connectivity index (χ2v) is 5.04. The molecule has 0 aliphatic rings. The maximum atomic E-state index is 9.83. The summed E-state index contributed by atoms with van der Waals surface area (Å²) in [5.74, 6) is 0. The van der Waals surface area contributed by atoms with Crippen LogP contribution >= 0.6 is 8.25 Å². The summed E-state index contributed by atoms with van der Waals surface area (Å²) >= 11 is 0. The van der Waals surface area contributed by atoms with E-state index < -0.39 is 17.1 Å². The summed E-state index contributed by atoms with van der Waals surface area (Å²) < 4.78 is 14.0. The van der Waals surface area contributed by atoms with Gasteiger partial charge >= 0.3 is 17.1 Å². The van der Waals surface area contributed by atoms with Gasteiger partial charge < -0.3 is 19.3 Å². The van der Waals surface area contributed by atoms with Crippen molar-refractivity contribution in [1.82, 2.24) is 0 Å². The van der Waals surface area contributed by atoms with Crippen LogP contribution in [0.15, 0.2) is 0 Å². The van der Waals surface area contributed by atoms with Crippen LogP contribution in [-0.4, -0.2) is 29.8 Å². The highest BCUT2D eigenvalue weighted by molar-refractivity contribution is 7.30. The molecule has 0 spiro atoms. The molecule has 0 radical (unpaired) electrons. The molecule has 0 amide bonds. The van der Waals surface area contributed by atoms with E-state index in [0.29, 0.717) is 12.8 Å². The second kappa shape index (κ2) is 5.71. The van der Waals surface area contributed by atoms with Gasteiger partial charge in [-0.15, -0.1) is 4.52 Å². The van der Waals surface area contributed by atoms with Crippen molar-refractivity contribution in [3.63, 3.8) is 0 Å². The average Bonchev–Trinajstić information content (AvgIpc) is 1.83. The van der Waals surface area contributed by atoms with E-state index in [1.54, 1.807) is 0 Å². The topological polar surface area (TPSA) is 110 Å². The van der Waals surface area contributed by atoms with Crippen molar-refractivity contribution in [2.45, 2.75) is 18.9 Å². The Labute approximate surface area is 71.8 Å². The molecular weight excluding hydrogens is 203 g/mol. The molecule has 0 aromatic rings. The molecule has 12 heavy (non-hydrogen) atoms. The SMILES string of the molecule is O=[P+]([O-])OCCCC[Si](O)(O)O. The Kier molecular flexibility index (Phi) is 5.77. The van der Waals surface area contributed by atoms with Gasteiger partial charge in [-0.05, 0) is 17.4 Å². The van der Waals surface area contributed by atoms with Crippen LogP contribution in [-0.2, 0) is 9.09 Å². The lowest BCUT2D eigenvalue weighted by Crippen LogP contribution is -2.34. The molecule has 72 valence electrons. The Morgan fingerprint density at radius 2 is 1.92 bits per heavy atom. The van der Waals surface area contributed by atoms with E-state index >= 15 is 0 Å². The molecule has 1 atom stereocenters. The lowest BCUT2D eigenvalue weighted by molar-refractivity contribution is -0.185. The van der Waals surface area contributed by atoms with Gasteiger partial charge in [-0.3, -0.25) is 0 Å². The van der Waals surface area contributed by atoms with Gasteiger partial charge in [-0.2, -0.15) is 0 Å². The Hall–Kier alpha value is 0.117. The maximum absolute atomic E-state index is 9.83. The molecular formula is C4H11O6PSi. The van der Waals surface area contributed by atoms with Gasteiger partial charge in [0, 0.05) is 6.04 Å². The third-order valence-corrected chi connectivity index (χ3v) is 2.52. The van der Waals surface area contributed by atoms with E-state index in [9.17, 15) is 9.46 Å². The third-order valence-electron chi connectivity index (χ3n) is 1.10. The minimum atomic E-state index is -3.94. The first-order valence-corrected chi connectivity index (χ1v) is 6.50. The number of hydrogen-bond acceptors (Lipinski definition) is 6. The van der Waals surface area contributed by atoms with Gasteiger partial charge in [0.05, 0.1) is 0 Å². The Bertz CT molecular complexity index is 145. The molecule has 0 saturated heterocycles. The van der Waals surface area contributed by atoms with Crippen LogP contribution in [0.4, 0.5) is 0 Å². The lowest BCUT2D eigenvalue weighted by atomic mass is 10.4. The molecule has 0 saturated carbocycles. The minimum absolute atomic E-state index is 0.0170. The number of unbranched alkanes of at least 4 members (excludes halogenated alkanes) is 1. The third kappa shape index (κ3) is 10.1. The summed E-state index contributed by atoms with van der Waals surface area (Å²) in [6.45, 7) is 0.0170. The molecule has 0 heterocycles. The van der Waals surface area contributed by atoms with E-state index in [1.165, 1.54) is 0 Å². The summed E-state index contributed by atoms with van der Waals surface area (Å²) in [5, 5.41) is 0.